The van der Waals surface area contributed by atoms with Crippen LogP contribution in [0.15, 0.2) is 48.0 Å². The second-order valence-corrected chi connectivity index (χ2v) is 5.49. The Balaban J connectivity index is 1.83. The Kier molecular flexibility index (Phi) is 4.79. The minimum Gasteiger partial charge on any atom is -0.492 e. The molecule has 2 aromatic carbocycles. The molecule has 25 heavy (non-hydrogen) atoms. The molecule has 0 radical (unpaired) electrons. The van der Waals surface area contributed by atoms with Crippen LogP contribution in [0.1, 0.15) is 22.3 Å². The maximum atomic E-state index is 13.4. The van der Waals surface area contributed by atoms with E-state index in [4.69, 9.17) is 14.6 Å². The maximum absolute atomic E-state index is 13.4. The largest absolute Gasteiger partial charge is 0.492 e. The first-order valence-electron chi connectivity index (χ1n) is 7.65. The number of fused-ring (bicyclic) bond motifs is 1. The number of hydrogen-bond acceptors (Lipinski definition) is 4. The van der Waals surface area contributed by atoms with E-state index >= 15 is 0 Å². The van der Waals surface area contributed by atoms with Gasteiger partial charge in [0.15, 0.2) is 12.4 Å². The van der Waals surface area contributed by atoms with Crippen LogP contribution in [-0.4, -0.2) is 30.1 Å². The van der Waals surface area contributed by atoms with Gasteiger partial charge in [-0.2, -0.15) is 0 Å². The molecule has 0 saturated heterocycles. The van der Waals surface area contributed by atoms with Crippen molar-refractivity contribution in [2.45, 2.75) is 6.42 Å². The van der Waals surface area contributed by atoms with E-state index in [9.17, 15) is 14.0 Å². The molecule has 128 valence electrons. The number of carbonyl (C=O) groups excluding carboxylic acids is 1. The zero-order chi connectivity index (χ0) is 17.8. The standard InChI is InChI=1S/C19H15FO5/c20-14-3-6-17-16(10-14)19(23)13(7-8-24-17)9-12-1-4-15(5-2-12)25-11-18(21)22/h1-6,9-10H,7-8,11H2,(H,21,22). The first kappa shape index (κ1) is 16.7. The normalized spacial score (nSPS) is 15.2. The summed E-state index contributed by atoms with van der Waals surface area (Å²) in [5.74, 6) is -1.00. The topological polar surface area (TPSA) is 72.8 Å². The molecule has 1 heterocycles. The molecule has 0 saturated carbocycles. The van der Waals surface area contributed by atoms with Crippen molar-refractivity contribution < 1.29 is 28.6 Å². The van der Waals surface area contributed by atoms with Gasteiger partial charge < -0.3 is 14.6 Å². The molecule has 5 nitrogen and oxygen atoms in total. The lowest BCUT2D eigenvalue weighted by molar-refractivity contribution is -0.139. The van der Waals surface area contributed by atoms with E-state index in [1.54, 1.807) is 30.3 Å². The first-order valence-corrected chi connectivity index (χ1v) is 7.65. The third kappa shape index (κ3) is 4.03. The highest BCUT2D eigenvalue weighted by Gasteiger charge is 2.21. The number of carboxylic acids is 1. The van der Waals surface area contributed by atoms with Crippen molar-refractivity contribution in [2.75, 3.05) is 13.2 Å². The van der Waals surface area contributed by atoms with Gasteiger partial charge in [-0.05, 0) is 42.0 Å². The summed E-state index contributed by atoms with van der Waals surface area (Å²) in [5.41, 5.74) is 1.49. The molecule has 0 bridgehead atoms. The van der Waals surface area contributed by atoms with Crippen molar-refractivity contribution in [1.82, 2.24) is 0 Å². The highest BCUT2D eigenvalue weighted by molar-refractivity contribution is 6.13. The van der Waals surface area contributed by atoms with Crippen LogP contribution < -0.4 is 9.47 Å². The van der Waals surface area contributed by atoms with Gasteiger partial charge in [-0.3, -0.25) is 4.79 Å². The summed E-state index contributed by atoms with van der Waals surface area (Å²) in [5, 5.41) is 8.59. The fourth-order valence-corrected chi connectivity index (χ4v) is 2.51. The number of halogens is 1. The monoisotopic (exact) mass is 342 g/mol. The average molecular weight is 342 g/mol. The summed E-state index contributed by atoms with van der Waals surface area (Å²) in [6, 6.07) is 10.6. The predicted octanol–water partition coefficient (Wildman–Crippen LogP) is 3.34. The van der Waals surface area contributed by atoms with Gasteiger partial charge in [0.2, 0.25) is 0 Å². The second-order valence-electron chi connectivity index (χ2n) is 5.49. The Morgan fingerprint density at radius 2 is 2.00 bits per heavy atom. The molecule has 0 fully saturated rings. The third-order valence-corrected chi connectivity index (χ3v) is 3.69. The summed E-state index contributed by atoms with van der Waals surface area (Å²) < 4.78 is 24.0. The van der Waals surface area contributed by atoms with E-state index < -0.39 is 18.4 Å². The molecule has 0 aliphatic carbocycles. The van der Waals surface area contributed by atoms with E-state index in [1.807, 2.05) is 0 Å². The number of aliphatic carboxylic acids is 1. The lowest BCUT2D eigenvalue weighted by Gasteiger charge is -2.05. The summed E-state index contributed by atoms with van der Waals surface area (Å²) in [6.45, 7) is -0.0887. The van der Waals surface area contributed by atoms with Crippen molar-refractivity contribution in [2.24, 2.45) is 0 Å². The molecule has 2 aromatic rings. The predicted molar refractivity (Wildman–Crippen MR) is 88.4 cm³/mol. The second kappa shape index (κ2) is 7.17. The van der Waals surface area contributed by atoms with Gasteiger partial charge >= 0.3 is 5.97 Å². The van der Waals surface area contributed by atoms with Crippen molar-refractivity contribution in [3.63, 3.8) is 0 Å². The van der Waals surface area contributed by atoms with Gasteiger partial charge in [-0.1, -0.05) is 12.1 Å². The molecular formula is C19H15FO5. The number of ether oxygens (including phenoxy) is 2. The van der Waals surface area contributed by atoms with Gasteiger partial charge in [0.05, 0.1) is 12.2 Å². The van der Waals surface area contributed by atoms with E-state index in [0.717, 1.165) is 5.56 Å². The SMILES string of the molecule is O=C(O)COc1ccc(C=C2CCOc3ccc(F)cc3C2=O)cc1. The number of Topliss-reactive ketones (excluding diaryl/α,β-unsaturated/α-hetero) is 1. The van der Waals surface area contributed by atoms with Gasteiger partial charge in [-0.25, -0.2) is 9.18 Å². The van der Waals surface area contributed by atoms with E-state index in [-0.39, 0.29) is 11.3 Å². The lowest BCUT2D eigenvalue weighted by atomic mass is 9.99. The van der Waals surface area contributed by atoms with Crippen LogP contribution in [0.5, 0.6) is 11.5 Å². The van der Waals surface area contributed by atoms with Crippen molar-refractivity contribution in [1.29, 1.82) is 0 Å². The highest BCUT2D eigenvalue weighted by atomic mass is 19.1. The first-order chi connectivity index (χ1) is 12.0. The Labute approximate surface area is 143 Å². The minimum atomic E-state index is -1.05. The van der Waals surface area contributed by atoms with Crippen molar-refractivity contribution in [3.8, 4) is 11.5 Å². The summed E-state index contributed by atoms with van der Waals surface area (Å²) >= 11 is 0. The van der Waals surface area contributed by atoms with E-state index in [0.29, 0.717) is 30.1 Å². The molecule has 0 atom stereocenters. The Hall–Kier alpha value is -3.15. The van der Waals surface area contributed by atoms with E-state index in [2.05, 4.69) is 0 Å². The Bertz CT molecular complexity index is 839. The van der Waals surface area contributed by atoms with Crippen LogP contribution in [0.3, 0.4) is 0 Å². The zero-order valence-electron chi connectivity index (χ0n) is 13.2. The molecule has 0 amide bonds. The molecular weight excluding hydrogens is 327 g/mol. The van der Waals surface area contributed by atoms with Gasteiger partial charge in [-0.15, -0.1) is 0 Å². The zero-order valence-corrected chi connectivity index (χ0v) is 13.2. The Morgan fingerprint density at radius 3 is 2.72 bits per heavy atom. The summed E-state index contributed by atoms with van der Waals surface area (Å²) in [7, 11) is 0. The number of carbonyl (C=O) groups is 2. The molecule has 6 heteroatoms. The number of rotatable bonds is 4. The smallest absolute Gasteiger partial charge is 0.341 e. The molecule has 0 unspecified atom stereocenters. The molecule has 1 aliphatic rings. The summed E-state index contributed by atoms with van der Waals surface area (Å²) in [4.78, 5) is 23.1. The van der Waals surface area contributed by atoms with Crippen LogP contribution in [0.25, 0.3) is 6.08 Å². The average Bonchev–Trinajstić information content (AvgIpc) is 2.74. The summed E-state index contributed by atoms with van der Waals surface area (Å²) in [6.07, 6.45) is 2.12. The number of benzene rings is 2. The van der Waals surface area contributed by atoms with Gasteiger partial charge in [0.25, 0.3) is 0 Å². The van der Waals surface area contributed by atoms with Crippen molar-refractivity contribution >= 4 is 17.8 Å². The molecule has 3 rings (SSSR count). The van der Waals surface area contributed by atoms with Crippen LogP contribution >= 0.6 is 0 Å². The van der Waals surface area contributed by atoms with Crippen LogP contribution in [0.2, 0.25) is 0 Å². The molecule has 1 aliphatic heterocycles. The van der Waals surface area contributed by atoms with Crippen molar-refractivity contribution in [3.05, 3.63) is 65.0 Å². The van der Waals surface area contributed by atoms with E-state index in [1.165, 1.54) is 18.2 Å². The fraction of sp³-hybridized carbons (Fsp3) is 0.158. The van der Waals surface area contributed by atoms with Crippen LogP contribution in [-0.2, 0) is 4.79 Å². The van der Waals surface area contributed by atoms with Crippen LogP contribution in [0.4, 0.5) is 4.39 Å². The molecule has 0 spiro atoms. The maximum Gasteiger partial charge on any atom is 0.341 e. The lowest BCUT2D eigenvalue weighted by Crippen LogP contribution is -2.09. The molecule has 1 N–H and O–H groups in total. The van der Waals surface area contributed by atoms with Gasteiger partial charge in [0, 0.05) is 12.0 Å². The fourth-order valence-electron chi connectivity index (χ4n) is 2.51. The Morgan fingerprint density at radius 1 is 1.24 bits per heavy atom. The number of carboxylic acid groups (broad SMARTS) is 1. The highest BCUT2D eigenvalue weighted by Crippen LogP contribution is 2.28. The quantitative estimate of drug-likeness (QED) is 0.863. The molecule has 0 aromatic heterocycles. The third-order valence-electron chi connectivity index (χ3n) is 3.69. The number of ketones is 1. The van der Waals surface area contributed by atoms with Crippen LogP contribution in [0, 0.1) is 5.82 Å². The number of hydrogen-bond donors (Lipinski definition) is 1. The van der Waals surface area contributed by atoms with Gasteiger partial charge in [0.1, 0.15) is 17.3 Å². The minimum absolute atomic E-state index is 0.213.